The molecule has 1 amide bonds. The number of nitrogens with one attached hydrogen (secondary N) is 1. The Hall–Kier alpha value is -2.18. The van der Waals surface area contributed by atoms with Gasteiger partial charge in [-0.1, -0.05) is 19.3 Å². The Morgan fingerprint density at radius 1 is 1.22 bits per heavy atom. The molecule has 1 saturated carbocycles. The minimum absolute atomic E-state index is 0.115. The maximum Gasteiger partial charge on any atom is 0.241 e. The van der Waals surface area contributed by atoms with E-state index in [1.807, 2.05) is 23.9 Å². The van der Waals surface area contributed by atoms with Crippen LogP contribution >= 0.6 is 0 Å². The summed E-state index contributed by atoms with van der Waals surface area (Å²) in [6.07, 6.45) is 9.49. The fourth-order valence-electron chi connectivity index (χ4n) is 3.30. The Balaban J connectivity index is 1.61. The van der Waals surface area contributed by atoms with E-state index >= 15 is 0 Å². The van der Waals surface area contributed by atoms with Crippen LogP contribution in [0.1, 0.15) is 32.1 Å². The van der Waals surface area contributed by atoms with Gasteiger partial charge in [-0.25, -0.2) is 15.0 Å². The average molecular weight is 316 g/mol. The first-order chi connectivity index (χ1) is 11.1. The lowest BCUT2D eigenvalue weighted by molar-refractivity contribution is -0.129. The van der Waals surface area contributed by atoms with Crippen molar-refractivity contribution in [2.45, 2.75) is 32.1 Å². The maximum absolute atomic E-state index is 12.5. The quantitative estimate of drug-likeness (QED) is 0.910. The number of H-pyrrole nitrogens is 1. The Labute approximate surface area is 136 Å². The van der Waals surface area contributed by atoms with Gasteiger partial charge in [-0.2, -0.15) is 0 Å². The molecule has 1 aliphatic carbocycles. The highest BCUT2D eigenvalue weighted by molar-refractivity contribution is 5.86. The van der Waals surface area contributed by atoms with Gasteiger partial charge in [0.2, 0.25) is 5.91 Å². The molecule has 0 radical (unpaired) electrons. The molecule has 3 rings (SSSR count). The first-order valence-electron chi connectivity index (χ1n) is 8.24. The SMILES string of the molecule is CN(CC1CCCCC1)C(=O)CN(C)c1ncnc2nc[nH]c12. The van der Waals surface area contributed by atoms with Gasteiger partial charge in [0.05, 0.1) is 12.9 Å². The fraction of sp³-hybridized carbons (Fsp3) is 0.625. The molecule has 0 spiro atoms. The van der Waals surface area contributed by atoms with Gasteiger partial charge in [0.25, 0.3) is 0 Å². The van der Waals surface area contributed by atoms with Crippen molar-refractivity contribution in [3.63, 3.8) is 0 Å². The Kier molecular flexibility index (Phi) is 4.73. The molecule has 0 atom stereocenters. The zero-order valence-electron chi connectivity index (χ0n) is 13.8. The number of nitrogens with zero attached hydrogens (tertiary/aromatic N) is 5. The number of aromatic nitrogens is 4. The van der Waals surface area contributed by atoms with E-state index in [4.69, 9.17) is 0 Å². The van der Waals surface area contributed by atoms with Crippen molar-refractivity contribution in [2.24, 2.45) is 5.92 Å². The number of amides is 1. The minimum atomic E-state index is 0.115. The predicted molar refractivity (Wildman–Crippen MR) is 89.2 cm³/mol. The lowest BCUT2D eigenvalue weighted by Gasteiger charge is -2.28. The molecule has 23 heavy (non-hydrogen) atoms. The van der Waals surface area contributed by atoms with E-state index in [2.05, 4.69) is 19.9 Å². The standard InChI is InChI=1S/C16H24N6O/c1-21(8-12-6-4-3-5-7-12)13(23)9-22(2)16-14-15(18-10-17-14)19-11-20-16/h10-12H,3-9H2,1-2H3,(H,17,18,19,20). The largest absolute Gasteiger partial charge is 0.348 e. The van der Waals surface area contributed by atoms with E-state index in [1.165, 1.54) is 38.4 Å². The highest BCUT2D eigenvalue weighted by Crippen LogP contribution is 2.24. The third kappa shape index (κ3) is 3.60. The summed E-state index contributed by atoms with van der Waals surface area (Å²) in [6, 6.07) is 0. The number of aromatic amines is 1. The number of hydrogen-bond donors (Lipinski definition) is 1. The number of likely N-dealkylation sites (N-methyl/N-ethyl adjacent to an activating group) is 2. The molecule has 0 bridgehead atoms. The van der Waals surface area contributed by atoms with Gasteiger partial charge < -0.3 is 14.8 Å². The van der Waals surface area contributed by atoms with Crippen LogP contribution in [0.2, 0.25) is 0 Å². The van der Waals surface area contributed by atoms with Gasteiger partial charge in [0.15, 0.2) is 11.5 Å². The monoisotopic (exact) mass is 316 g/mol. The number of carbonyl (C=O) groups is 1. The Bertz CT molecular complexity index is 663. The molecule has 1 aliphatic rings. The molecule has 0 unspecified atom stereocenters. The zero-order chi connectivity index (χ0) is 16.2. The third-order valence-corrected chi connectivity index (χ3v) is 4.62. The molecule has 7 heteroatoms. The van der Waals surface area contributed by atoms with E-state index < -0.39 is 0 Å². The number of hydrogen-bond acceptors (Lipinski definition) is 5. The van der Waals surface area contributed by atoms with Crippen molar-refractivity contribution >= 4 is 22.9 Å². The lowest BCUT2D eigenvalue weighted by Crippen LogP contribution is -2.39. The van der Waals surface area contributed by atoms with Crippen LogP contribution in [0.15, 0.2) is 12.7 Å². The third-order valence-electron chi connectivity index (χ3n) is 4.62. The molecule has 1 N–H and O–H groups in total. The van der Waals surface area contributed by atoms with E-state index in [-0.39, 0.29) is 5.91 Å². The summed E-state index contributed by atoms with van der Waals surface area (Å²) in [6.45, 7) is 1.16. The van der Waals surface area contributed by atoms with E-state index in [1.54, 1.807) is 6.33 Å². The van der Waals surface area contributed by atoms with Gasteiger partial charge in [0, 0.05) is 20.6 Å². The van der Waals surface area contributed by atoms with Crippen LogP contribution in [0.25, 0.3) is 11.2 Å². The number of anilines is 1. The highest BCUT2D eigenvalue weighted by Gasteiger charge is 2.20. The van der Waals surface area contributed by atoms with E-state index in [9.17, 15) is 4.79 Å². The van der Waals surface area contributed by atoms with Crippen molar-refractivity contribution in [3.05, 3.63) is 12.7 Å². The van der Waals surface area contributed by atoms with Crippen LogP contribution in [-0.2, 0) is 4.79 Å². The van der Waals surface area contributed by atoms with E-state index in [0.29, 0.717) is 23.9 Å². The number of fused-ring (bicyclic) bond motifs is 1. The second-order valence-corrected chi connectivity index (χ2v) is 6.43. The molecule has 0 aliphatic heterocycles. The summed E-state index contributed by atoms with van der Waals surface area (Å²) < 4.78 is 0. The normalized spacial score (nSPS) is 15.7. The molecular formula is C16H24N6O. The first-order valence-corrected chi connectivity index (χ1v) is 8.24. The molecule has 0 aromatic carbocycles. The lowest BCUT2D eigenvalue weighted by atomic mass is 9.89. The number of rotatable bonds is 5. The summed E-state index contributed by atoms with van der Waals surface area (Å²) in [5.74, 6) is 1.47. The Morgan fingerprint density at radius 3 is 2.78 bits per heavy atom. The molecular weight excluding hydrogens is 292 g/mol. The van der Waals surface area contributed by atoms with E-state index in [0.717, 1.165) is 12.1 Å². The summed E-state index contributed by atoms with van der Waals surface area (Å²) >= 11 is 0. The van der Waals surface area contributed by atoms with Gasteiger partial charge >= 0.3 is 0 Å². The smallest absolute Gasteiger partial charge is 0.241 e. The van der Waals surface area contributed by atoms with Crippen molar-refractivity contribution in [3.8, 4) is 0 Å². The molecule has 7 nitrogen and oxygen atoms in total. The topological polar surface area (TPSA) is 78.0 Å². The second kappa shape index (κ2) is 6.93. The zero-order valence-corrected chi connectivity index (χ0v) is 13.8. The molecule has 0 saturated heterocycles. The van der Waals surface area contributed by atoms with Gasteiger partial charge in [0.1, 0.15) is 11.8 Å². The molecule has 2 aromatic heterocycles. The molecule has 124 valence electrons. The maximum atomic E-state index is 12.5. The van der Waals surface area contributed by atoms with Gasteiger partial charge in [-0.3, -0.25) is 4.79 Å². The second-order valence-electron chi connectivity index (χ2n) is 6.43. The van der Waals surface area contributed by atoms with Crippen molar-refractivity contribution < 1.29 is 4.79 Å². The molecule has 2 aromatic rings. The van der Waals surface area contributed by atoms with Crippen molar-refractivity contribution in [1.82, 2.24) is 24.8 Å². The number of carbonyl (C=O) groups excluding carboxylic acids is 1. The minimum Gasteiger partial charge on any atom is -0.348 e. The van der Waals surface area contributed by atoms with Crippen LogP contribution in [0.5, 0.6) is 0 Å². The van der Waals surface area contributed by atoms with Crippen molar-refractivity contribution in [1.29, 1.82) is 0 Å². The van der Waals surface area contributed by atoms with Crippen LogP contribution in [-0.4, -0.2) is 57.9 Å². The predicted octanol–water partition coefficient (Wildman–Crippen LogP) is 1.83. The summed E-state index contributed by atoms with van der Waals surface area (Å²) in [5, 5.41) is 0. The van der Waals surface area contributed by atoms with Crippen LogP contribution < -0.4 is 4.90 Å². The van der Waals surface area contributed by atoms with Crippen LogP contribution in [0.3, 0.4) is 0 Å². The molecule has 2 heterocycles. The van der Waals surface area contributed by atoms with Crippen molar-refractivity contribution in [2.75, 3.05) is 32.1 Å². The van der Waals surface area contributed by atoms with Gasteiger partial charge in [-0.05, 0) is 18.8 Å². The summed E-state index contributed by atoms with van der Waals surface area (Å²) in [4.78, 5) is 31.7. The first kappa shape index (κ1) is 15.7. The highest BCUT2D eigenvalue weighted by atomic mass is 16.2. The Morgan fingerprint density at radius 2 is 2.00 bits per heavy atom. The average Bonchev–Trinajstić information content (AvgIpc) is 3.04. The summed E-state index contributed by atoms with van der Waals surface area (Å²) in [7, 11) is 3.77. The number of imidazole rings is 1. The van der Waals surface area contributed by atoms with Crippen LogP contribution in [0, 0.1) is 5.92 Å². The van der Waals surface area contributed by atoms with Crippen LogP contribution in [0.4, 0.5) is 5.82 Å². The van der Waals surface area contributed by atoms with Gasteiger partial charge in [-0.15, -0.1) is 0 Å². The molecule has 1 fully saturated rings. The fourth-order valence-corrected chi connectivity index (χ4v) is 3.30. The summed E-state index contributed by atoms with van der Waals surface area (Å²) in [5.41, 5.74) is 1.38.